The van der Waals surface area contributed by atoms with Crippen molar-refractivity contribution in [3.05, 3.63) is 29.7 Å². The van der Waals surface area contributed by atoms with Crippen molar-refractivity contribution in [1.82, 2.24) is 4.98 Å². The highest BCUT2D eigenvalue weighted by Gasteiger charge is 2.09. The second kappa shape index (κ2) is 3.33. The topological polar surface area (TPSA) is 25.0 Å². The fraction of sp³-hybridized carbons (Fsp3) is 0.273. The highest BCUT2D eigenvalue weighted by atomic mass is 19.1. The van der Waals surface area contributed by atoms with Gasteiger partial charge >= 0.3 is 0 Å². The minimum atomic E-state index is -0.318. The van der Waals surface area contributed by atoms with Crippen LogP contribution in [0.3, 0.4) is 0 Å². The Morgan fingerprint density at radius 1 is 1.43 bits per heavy atom. The first-order chi connectivity index (χ1) is 6.76. The molecular weight excluding hydrogens is 181 g/mol. The van der Waals surface area contributed by atoms with Gasteiger partial charge in [-0.3, -0.25) is 0 Å². The zero-order valence-corrected chi connectivity index (χ0v) is 8.23. The van der Waals surface area contributed by atoms with Crippen molar-refractivity contribution < 1.29 is 9.13 Å². The Hall–Kier alpha value is -1.51. The van der Waals surface area contributed by atoms with E-state index in [9.17, 15) is 4.39 Å². The third-order valence-corrected chi connectivity index (χ3v) is 2.35. The second-order valence-electron chi connectivity index (χ2n) is 3.19. The van der Waals surface area contributed by atoms with Gasteiger partial charge in [-0.15, -0.1) is 0 Å². The molecule has 0 aliphatic rings. The Bertz CT molecular complexity index is 462. The highest BCUT2D eigenvalue weighted by Crippen LogP contribution is 2.29. The smallest absolute Gasteiger partial charge is 0.165 e. The summed E-state index contributed by atoms with van der Waals surface area (Å²) >= 11 is 0. The molecule has 0 aliphatic heterocycles. The predicted octanol–water partition coefficient (Wildman–Crippen LogP) is 2.88. The van der Waals surface area contributed by atoms with E-state index in [0.717, 1.165) is 23.0 Å². The molecule has 1 aromatic carbocycles. The second-order valence-corrected chi connectivity index (χ2v) is 3.19. The van der Waals surface area contributed by atoms with Crippen LogP contribution in [-0.4, -0.2) is 12.1 Å². The summed E-state index contributed by atoms with van der Waals surface area (Å²) in [6.07, 6.45) is 0.902. The van der Waals surface area contributed by atoms with Crippen LogP contribution < -0.4 is 4.74 Å². The zero-order chi connectivity index (χ0) is 10.1. The SMILES string of the molecule is CCc1cc2c(OC)c(F)ccc2[nH]1. The summed E-state index contributed by atoms with van der Waals surface area (Å²) in [6.45, 7) is 2.05. The predicted molar refractivity (Wildman–Crippen MR) is 54.2 cm³/mol. The molecule has 0 fully saturated rings. The van der Waals surface area contributed by atoms with Crippen LogP contribution in [0.5, 0.6) is 5.75 Å². The molecule has 0 amide bonds. The molecule has 0 radical (unpaired) electrons. The van der Waals surface area contributed by atoms with Crippen LogP contribution >= 0.6 is 0 Å². The zero-order valence-electron chi connectivity index (χ0n) is 8.23. The summed E-state index contributed by atoms with van der Waals surface area (Å²) < 4.78 is 18.3. The van der Waals surface area contributed by atoms with Crippen LogP contribution in [0.25, 0.3) is 10.9 Å². The fourth-order valence-corrected chi connectivity index (χ4v) is 1.61. The summed E-state index contributed by atoms with van der Waals surface area (Å²) in [7, 11) is 1.48. The Kier molecular flexibility index (Phi) is 2.15. The first kappa shape index (κ1) is 9.06. The third kappa shape index (κ3) is 1.25. The molecule has 0 saturated heterocycles. The molecule has 3 heteroatoms. The van der Waals surface area contributed by atoms with Crippen molar-refractivity contribution >= 4 is 10.9 Å². The molecular formula is C11H12FNO. The molecule has 1 heterocycles. The first-order valence-corrected chi connectivity index (χ1v) is 4.60. The number of methoxy groups -OCH3 is 1. The number of aromatic amines is 1. The van der Waals surface area contributed by atoms with E-state index in [1.54, 1.807) is 6.07 Å². The van der Waals surface area contributed by atoms with E-state index in [1.165, 1.54) is 13.2 Å². The van der Waals surface area contributed by atoms with E-state index < -0.39 is 0 Å². The van der Waals surface area contributed by atoms with Gasteiger partial charge in [-0.25, -0.2) is 4.39 Å². The molecule has 0 saturated carbocycles. The van der Waals surface area contributed by atoms with Crippen molar-refractivity contribution in [1.29, 1.82) is 0 Å². The lowest BCUT2D eigenvalue weighted by Crippen LogP contribution is -1.87. The lowest BCUT2D eigenvalue weighted by atomic mass is 10.2. The van der Waals surface area contributed by atoms with Crippen molar-refractivity contribution in [2.45, 2.75) is 13.3 Å². The standard InChI is InChI=1S/C11H12FNO/c1-3-7-6-8-10(13-7)5-4-9(12)11(8)14-2/h4-6,13H,3H2,1-2H3. The van der Waals surface area contributed by atoms with Gasteiger partial charge in [0.25, 0.3) is 0 Å². The first-order valence-electron chi connectivity index (χ1n) is 4.60. The number of fused-ring (bicyclic) bond motifs is 1. The summed E-state index contributed by atoms with van der Waals surface area (Å²) in [5, 5.41) is 0.810. The van der Waals surface area contributed by atoms with Crippen molar-refractivity contribution in [2.75, 3.05) is 7.11 Å². The summed E-state index contributed by atoms with van der Waals surface area (Å²) in [6, 6.07) is 5.07. The third-order valence-electron chi connectivity index (χ3n) is 2.35. The number of H-pyrrole nitrogens is 1. The number of ether oxygens (including phenoxy) is 1. The number of rotatable bonds is 2. The number of nitrogens with one attached hydrogen (secondary N) is 1. The minimum Gasteiger partial charge on any atom is -0.493 e. The largest absolute Gasteiger partial charge is 0.493 e. The van der Waals surface area contributed by atoms with Crippen molar-refractivity contribution in [2.24, 2.45) is 0 Å². The van der Waals surface area contributed by atoms with Gasteiger partial charge in [0.1, 0.15) is 0 Å². The molecule has 2 aromatic rings. The van der Waals surface area contributed by atoms with Gasteiger partial charge in [0.05, 0.1) is 7.11 Å². The van der Waals surface area contributed by atoms with Crippen LogP contribution in [0.15, 0.2) is 18.2 Å². The molecule has 1 N–H and O–H groups in total. The molecule has 14 heavy (non-hydrogen) atoms. The molecule has 1 aromatic heterocycles. The Morgan fingerprint density at radius 2 is 2.21 bits per heavy atom. The monoisotopic (exact) mass is 193 g/mol. The molecule has 0 spiro atoms. The summed E-state index contributed by atoms with van der Waals surface area (Å²) in [4.78, 5) is 3.20. The fourth-order valence-electron chi connectivity index (χ4n) is 1.61. The van der Waals surface area contributed by atoms with Gasteiger partial charge in [-0.05, 0) is 24.6 Å². The van der Waals surface area contributed by atoms with Crippen molar-refractivity contribution in [3.63, 3.8) is 0 Å². The number of halogens is 1. The highest BCUT2D eigenvalue weighted by molar-refractivity contribution is 5.86. The van der Waals surface area contributed by atoms with Gasteiger partial charge < -0.3 is 9.72 Å². The quantitative estimate of drug-likeness (QED) is 0.779. The Labute approximate surface area is 81.7 Å². The number of hydrogen-bond acceptors (Lipinski definition) is 1. The van der Waals surface area contributed by atoms with E-state index in [2.05, 4.69) is 4.98 Å². The molecule has 0 atom stereocenters. The maximum Gasteiger partial charge on any atom is 0.165 e. The van der Waals surface area contributed by atoms with E-state index >= 15 is 0 Å². The lowest BCUT2D eigenvalue weighted by molar-refractivity contribution is 0.392. The van der Waals surface area contributed by atoms with E-state index in [4.69, 9.17) is 4.74 Å². The molecule has 2 rings (SSSR count). The van der Waals surface area contributed by atoms with Gasteiger partial charge in [0.2, 0.25) is 0 Å². The van der Waals surface area contributed by atoms with Crippen molar-refractivity contribution in [3.8, 4) is 5.75 Å². The molecule has 2 nitrogen and oxygen atoms in total. The maximum absolute atomic E-state index is 13.3. The minimum absolute atomic E-state index is 0.318. The average Bonchev–Trinajstić information content (AvgIpc) is 2.60. The Balaban J connectivity index is 2.73. The van der Waals surface area contributed by atoms with E-state index in [-0.39, 0.29) is 5.82 Å². The number of hydrogen-bond donors (Lipinski definition) is 1. The van der Waals surface area contributed by atoms with Crippen LogP contribution in [0.4, 0.5) is 4.39 Å². The molecule has 74 valence electrons. The molecule has 0 unspecified atom stereocenters. The molecule has 0 aliphatic carbocycles. The van der Waals surface area contributed by atoms with Crippen LogP contribution in [0, 0.1) is 5.82 Å². The van der Waals surface area contributed by atoms with Gasteiger partial charge in [0, 0.05) is 16.6 Å². The van der Waals surface area contributed by atoms with Crippen LogP contribution in [0.2, 0.25) is 0 Å². The van der Waals surface area contributed by atoms with E-state index in [1.807, 2.05) is 13.0 Å². The number of benzene rings is 1. The summed E-state index contributed by atoms with van der Waals surface area (Å²) in [5.74, 6) is 0.0000954. The summed E-state index contributed by atoms with van der Waals surface area (Å²) in [5.41, 5.74) is 2.00. The number of aromatic nitrogens is 1. The van der Waals surface area contributed by atoms with E-state index in [0.29, 0.717) is 5.75 Å². The van der Waals surface area contributed by atoms with Gasteiger partial charge in [0.15, 0.2) is 11.6 Å². The molecule has 0 bridgehead atoms. The lowest BCUT2D eigenvalue weighted by Gasteiger charge is -2.01. The number of aryl methyl sites for hydroxylation is 1. The average molecular weight is 193 g/mol. The van der Waals surface area contributed by atoms with Gasteiger partial charge in [-0.1, -0.05) is 6.92 Å². The Morgan fingerprint density at radius 3 is 2.86 bits per heavy atom. The maximum atomic E-state index is 13.3. The van der Waals surface area contributed by atoms with Crippen LogP contribution in [0.1, 0.15) is 12.6 Å². The van der Waals surface area contributed by atoms with Gasteiger partial charge in [-0.2, -0.15) is 0 Å². The normalized spacial score (nSPS) is 10.8. The van der Waals surface area contributed by atoms with Crippen LogP contribution in [-0.2, 0) is 6.42 Å².